The molecule has 0 saturated heterocycles. The highest BCUT2D eigenvalue weighted by Crippen LogP contribution is 2.14. The molecule has 1 aromatic heterocycles. The van der Waals surface area contributed by atoms with Crippen molar-refractivity contribution in [3.8, 4) is 0 Å². The van der Waals surface area contributed by atoms with E-state index < -0.39 is 18.0 Å². The molecule has 0 aliphatic rings. The monoisotopic (exact) mass is 331 g/mol. The number of aromatic nitrogens is 2. The van der Waals surface area contributed by atoms with Gasteiger partial charge in [-0.15, -0.1) is 0 Å². The molecule has 0 radical (unpaired) electrons. The maximum absolute atomic E-state index is 12.2. The van der Waals surface area contributed by atoms with Crippen LogP contribution in [0.15, 0.2) is 36.5 Å². The lowest BCUT2D eigenvalue weighted by Crippen LogP contribution is -2.31. The van der Waals surface area contributed by atoms with Crippen molar-refractivity contribution >= 4 is 17.7 Å². The number of nitrogens with one attached hydrogen (secondary N) is 1. The summed E-state index contributed by atoms with van der Waals surface area (Å²) in [5, 5.41) is 15.8. The van der Waals surface area contributed by atoms with Gasteiger partial charge in [0.15, 0.2) is 6.10 Å². The highest BCUT2D eigenvalue weighted by atomic mass is 16.5. The van der Waals surface area contributed by atoms with Crippen molar-refractivity contribution in [2.45, 2.75) is 39.5 Å². The summed E-state index contributed by atoms with van der Waals surface area (Å²) in [4.78, 5) is 24.2. The zero-order valence-corrected chi connectivity index (χ0v) is 13.9. The molecule has 2 N–H and O–H groups in total. The van der Waals surface area contributed by atoms with Crippen molar-refractivity contribution in [3.05, 3.63) is 47.7 Å². The Bertz CT molecular complexity index is 707. The van der Waals surface area contributed by atoms with Crippen molar-refractivity contribution in [2.75, 3.05) is 5.32 Å². The number of hydrogen-bond acceptors (Lipinski definition) is 5. The van der Waals surface area contributed by atoms with E-state index in [0.717, 1.165) is 0 Å². The number of rotatable bonds is 6. The Morgan fingerprint density at radius 2 is 1.88 bits per heavy atom. The molecule has 7 heteroatoms. The van der Waals surface area contributed by atoms with E-state index in [1.165, 1.54) is 6.92 Å². The zero-order valence-electron chi connectivity index (χ0n) is 13.9. The molecule has 1 atom stereocenters. The Hall–Kier alpha value is -2.67. The minimum Gasteiger partial charge on any atom is -0.449 e. The Labute approximate surface area is 140 Å². The highest BCUT2D eigenvalue weighted by Gasteiger charge is 2.20. The molecule has 0 spiro atoms. The number of aliphatic hydroxyl groups is 1. The Kier molecular flexibility index (Phi) is 5.70. The molecule has 2 rings (SSSR count). The predicted octanol–water partition coefficient (Wildman–Crippen LogP) is 2.14. The van der Waals surface area contributed by atoms with E-state index in [-0.39, 0.29) is 12.6 Å². The molecule has 7 nitrogen and oxygen atoms in total. The Morgan fingerprint density at radius 3 is 2.46 bits per heavy atom. The van der Waals surface area contributed by atoms with Crippen molar-refractivity contribution in [2.24, 2.45) is 0 Å². The van der Waals surface area contributed by atoms with Crippen molar-refractivity contribution in [3.63, 3.8) is 0 Å². The van der Waals surface area contributed by atoms with Gasteiger partial charge >= 0.3 is 5.97 Å². The predicted molar refractivity (Wildman–Crippen MR) is 88.5 cm³/mol. The van der Waals surface area contributed by atoms with Crippen LogP contribution in [0.1, 0.15) is 42.7 Å². The number of benzene rings is 1. The molecule has 1 aromatic carbocycles. The highest BCUT2D eigenvalue weighted by molar-refractivity contribution is 5.96. The van der Waals surface area contributed by atoms with Crippen LogP contribution in [0, 0.1) is 0 Å². The van der Waals surface area contributed by atoms with Gasteiger partial charge in [-0.25, -0.2) is 9.48 Å². The minimum absolute atomic E-state index is 0.0956. The van der Waals surface area contributed by atoms with E-state index in [1.54, 1.807) is 41.2 Å². The van der Waals surface area contributed by atoms with Gasteiger partial charge in [0.2, 0.25) is 0 Å². The van der Waals surface area contributed by atoms with Gasteiger partial charge in [0.25, 0.3) is 5.91 Å². The number of nitrogens with zero attached hydrogens (tertiary/aromatic N) is 2. The van der Waals surface area contributed by atoms with E-state index in [0.29, 0.717) is 16.9 Å². The summed E-state index contributed by atoms with van der Waals surface area (Å²) < 4.78 is 6.84. The van der Waals surface area contributed by atoms with Crippen molar-refractivity contribution in [1.82, 2.24) is 9.78 Å². The van der Waals surface area contributed by atoms with Crippen molar-refractivity contribution < 1.29 is 19.4 Å². The molecule has 0 fully saturated rings. The second-order valence-corrected chi connectivity index (χ2v) is 5.65. The molecular formula is C17H21N3O4. The van der Waals surface area contributed by atoms with Gasteiger partial charge in [0.1, 0.15) is 5.82 Å². The van der Waals surface area contributed by atoms with E-state index in [1.807, 2.05) is 13.8 Å². The van der Waals surface area contributed by atoms with Crippen LogP contribution in [0.4, 0.5) is 5.82 Å². The fourth-order valence-electron chi connectivity index (χ4n) is 2.08. The third-order valence-electron chi connectivity index (χ3n) is 3.44. The molecule has 24 heavy (non-hydrogen) atoms. The molecule has 0 aliphatic heterocycles. The number of hydrogen-bond donors (Lipinski definition) is 2. The molecule has 2 aromatic rings. The largest absolute Gasteiger partial charge is 0.449 e. The van der Waals surface area contributed by atoms with E-state index >= 15 is 0 Å². The van der Waals surface area contributed by atoms with Crippen LogP contribution in [-0.2, 0) is 16.1 Å². The van der Waals surface area contributed by atoms with E-state index in [4.69, 9.17) is 9.84 Å². The summed E-state index contributed by atoms with van der Waals surface area (Å²) in [6, 6.07) is 8.13. The average Bonchev–Trinajstić information content (AvgIpc) is 3.03. The molecule has 0 aliphatic carbocycles. The third kappa shape index (κ3) is 4.20. The molecule has 0 bridgehead atoms. The maximum atomic E-state index is 12.2. The first-order valence-corrected chi connectivity index (χ1v) is 7.67. The zero-order chi connectivity index (χ0) is 17.7. The van der Waals surface area contributed by atoms with Gasteiger partial charge in [-0.2, -0.15) is 5.10 Å². The van der Waals surface area contributed by atoms with E-state index in [9.17, 15) is 9.59 Å². The number of carbonyl (C=O) groups excluding carboxylic acids is 2. The topological polar surface area (TPSA) is 93.5 Å². The second kappa shape index (κ2) is 7.74. The van der Waals surface area contributed by atoms with Crippen LogP contribution in [0.3, 0.4) is 0 Å². The van der Waals surface area contributed by atoms with Gasteiger partial charge in [-0.3, -0.25) is 4.79 Å². The smallest absolute Gasteiger partial charge is 0.338 e. The fraction of sp³-hybridized carbons (Fsp3) is 0.353. The fourth-order valence-corrected chi connectivity index (χ4v) is 2.08. The van der Waals surface area contributed by atoms with Crippen LogP contribution < -0.4 is 5.32 Å². The maximum Gasteiger partial charge on any atom is 0.338 e. The molecule has 1 heterocycles. The number of carbonyl (C=O) groups is 2. The first-order chi connectivity index (χ1) is 11.4. The summed E-state index contributed by atoms with van der Waals surface area (Å²) in [5.74, 6) is -0.484. The van der Waals surface area contributed by atoms with E-state index in [2.05, 4.69) is 10.4 Å². The quantitative estimate of drug-likeness (QED) is 0.791. The molecule has 1 amide bonds. The summed E-state index contributed by atoms with van der Waals surface area (Å²) in [7, 11) is 0. The average molecular weight is 331 g/mol. The van der Waals surface area contributed by atoms with Crippen LogP contribution in [0.25, 0.3) is 0 Å². The third-order valence-corrected chi connectivity index (χ3v) is 3.44. The number of esters is 1. The Morgan fingerprint density at radius 1 is 1.21 bits per heavy atom. The minimum atomic E-state index is -0.953. The number of amides is 1. The van der Waals surface area contributed by atoms with Crippen molar-refractivity contribution in [1.29, 1.82) is 0 Å². The molecule has 128 valence electrons. The van der Waals surface area contributed by atoms with Crippen LogP contribution in [0.2, 0.25) is 0 Å². The summed E-state index contributed by atoms with van der Waals surface area (Å²) in [5.41, 5.74) is 1.01. The SMILES string of the molecule is CC(C)n1nccc1NC(=O)[C@@H](C)OC(=O)c1ccc(CO)cc1. The molecule has 0 unspecified atom stereocenters. The normalized spacial score (nSPS) is 12.0. The lowest BCUT2D eigenvalue weighted by atomic mass is 10.1. The van der Waals surface area contributed by atoms with Crippen LogP contribution in [-0.4, -0.2) is 32.9 Å². The van der Waals surface area contributed by atoms with Gasteiger partial charge in [0, 0.05) is 12.1 Å². The number of ether oxygens (including phenoxy) is 1. The van der Waals surface area contributed by atoms with Gasteiger partial charge in [0.05, 0.1) is 18.4 Å². The van der Waals surface area contributed by atoms with Gasteiger partial charge in [-0.05, 0) is 38.5 Å². The number of anilines is 1. The number of aliphatic hydroxyl groups excluding tert-OH is 1. The standard InChI is InChI=1S/C17H21N3O4/c1-11(2)20-15(8-9-18-20)19-16(22)12(3)24-17(23)14-6-4-13(10-21)5-7-14/h4-9,11-12,21H,10H2,1-3H3,(H,19,22)/t12-/m1/s1. The second-order valence-electron chi connectivity index (χ2n) is 5.65. The molecular weight excluding hydrogens is 310 g/mol. The lowest BCUT2D eigenvalue weighted by Gasteiger charge is -2.15. The van der Waals surface area contributed by atoms with Gasteiger partial charge < -0.3 is 15.2 Å². The molecule has 0 saturated carbocycles. The van der Waals surface area contributed by atoms with Crippen LogP contribution >= 0.6 is 0 Å². The van der Waals surface area contributed by atoms with Crippen LogP contribution in [0.5, 0.6) is 0 Å². The Balaban J connectivity index is 1.97. The summed E-state index contributed by atoms with van der Waals surface area (Å²) >= 11 is 0. The summed E-state index contributed by atoms with van der Waals surface area (Å²) in [6.45, 7) is 5.30. The van der Waals surface area contributed by atoms with Gasteiger partial charge in [-0.1, -0.05) is 12.1 Å². The summed E-state index contributed by atoms with van der Waals surface area (Å²) in [6.07, 6.45) is 0.639. The first-order valence-electron chi connectivity index (χ1n) is 7.67. The lowest BCUT2D eigenvalue weighted by molar-refractivity contribution is -0.123. The first kappa shape index (κ1) is 17.7.